The molecule has 0 atom stereocenters. The third-order valence-electron chi connectivity index (χ3n) is 6.32. The molecule has 2 aliphatic heterocycles. The third-order valence-corrected chi connectivity index (χ3v) is 6.32. The van der Waals surface area contributed by atoms with Crippen LogP contribution in [0.2, 0.25) is 0 Å². The lowest BCUT2D eigenvalue weighted by Gasteiger charge is -2.34. The molecule has 1 fully saturated rings. The Kier molecular flexibility index (Phi) is 6.99. The van der Waals surface area contributed by atoms with E-state index in [4.69, 9.17) is 19.3 Å². The van der Waals surface area contributed by atoms with Crippen LogP contribution in [0.3, 0.4) is 0 Å². The average molecular weight is 490 g/mol. The van der Waals surface area contributed by atoms with Crippen LogP contribution < -0.4 is 14.2 Å². The Morgan fingerprint density at radius 1 is 0.917 bits per heavy atom. The second-order valence-electron chi connectivity index (χ2n) is 8.78. The molecular weight excluding hydrogens is 462 g/mol. The van der Waals surface area contributed by atoms with Crippen LogP contribution in [-0.2, 0) is 17.8 Å². The van der Waals surface area contributed by atoms with Gasteiger partial charge in [-0.1, -0.05) is 18.2 Å². The highest BCUT2D eigenvalue weighted by molar-refractivity contribution is 5.87. The zero-order valence-corrected chi connectivity index (χ0v) is 19.8. The fraction of sp³-hybridized carbons (Fsp3) is 0.296. The van der Waals surface area contributed by atoms with Gasteiger partial charge in [-0.15, -0.1) is 0 Å². The van der Waals surface area contributed by atoms with Gasteiger partial charge in [-0.05, 0) is 47.9 Å². The van der Waals surface area contributed by atoms with Crippen molar-refractivity contribution in [3.63, 3.8) is 0 Å². The quantitative estimate of drug-likeness (QED) is 0.513. The van der Waals surface area contributed by atoms with Gasteiger partial charge in [0.15, 0.2) is 11.5 Å². The van der Waals surface area contributed by atoms with E-state index in [-0.39, 0.29) is 18.3 Å². The number of nitrogens with zero attached hydrogens (tertiary/aromatic N) is 3. The maximum atomic E-state index is 12.8. The van der Waals surface area contributed by atoms with Crippen molar-refractivity contribution in [3.05, 3.63) is 77.5 Å². The van der Waals surface area contributed by atoms with Gasteiger partial charge in [-0.2, -0.15) is 0 Å². The van der Waals surface area contributed by atoms with Crippen LogP contribution >= 0.6 is 0 Å². The maximum absolute atomic E-state index is 12.8. The smallest absolute Gasteiger partial charge is 0.337 e. The molecule has 0 saturated carbocycles. The Bertz CT molecular complexity index is 1220. The molecule has 36 heavy (non-hydrogen) atoms. The van der Waals surface area contributed by atoms with Crippen LogP contribution in [0.4, 0.5) is 0 Å². The Balaban J connectivity index is 1.05. The third kappa shape index (κ3) is 5.75. The summed E-state index contributed by atoms with van der Waals surface area (Å²) in [6.07, 6.45) is 2.37. The number of amides is 1. The normalized spacial score (nSPS) is 15.1. The van der Waals surface area contributed by atoms with E-state index in [1.165, 1.54) is 23.9 Å². The molecule has 0 bridgehead atoms. The van der Waals surface area contributed by atoms with Crippen LogP contribution in [0.15, 0.2) is 60.8 Å². The minimum Gasteiger partial charge on any atom is -0.478 e. The molecule has 9 nitrogen and oxygen atoms in total. The lowest BCUT2D eigenvalue weighted by Crippen LogP contribution is -2.48. The number of carbonyl (C=O) groups excluding carboxylic acids is 1. The van der Waals surface area contributed by atoms with Crippen LogP contribution in [0.1, 0.15) is 27.9 Å². The van der Waals surface area contributed by atoms with Gasteiger partial charge in [0.1, 0.15) is 5.75 Å². The molecule has 186 valence electrons. The first-order valence-corrected chi connectivity index (χ1v) is 11.9. The fourth-order valence-corrected chi connectivity index (χ4v) is 4.27. The molecule has 3 aromatic rings. The van der Waals surface area contributed by atoms with Gasteiger partial charge in [-0.3, -0.25) is 9.69 Å². The number of aryl methyl sites for hydroxylation is 1. The molecule has 2 aliphatic rings. The number of aromatic nitrogens is 1. The summed E-state index contributed by atoms with van der Waals surface area (Å²) in [5, 5.41) is 8.94. The number of carboxylic acids is 1. The lowest BCUT2D eigenvalue weighted by atomic mass is 10.1. The Morgan fingerprint density at radius 3 is 2.39 bits per heavy atom. The second-order valence-corrected chi connectivity index (χ2v) is 8.78. The maximum Gasteiger partial charge on any atom is 0.337 e. The summed E-state index contributed by atoms with van der Waals surface area (Å²) < 4.78 is 16.5. The predicted molar refractivity (Wildman–Crippen MR) is 130 cm³/mol. The van der Waals surface area contributed by atoms with Crippen molar-refractivity contribution in [1.82, 2.24) is 14.8 Å². The van der Waals surface area contributed by atoms with Crippen molar-refractivity contribution in [3.8, 4) is 23.1 Å². The molecule has 1 N–H and O–H groups in total. The van der Waals surface area contributed by atoms with Crippen LogP contribution in [-0.4, -0.2) is 64.7 Å². The zero-order chi connectivity index (χ0) is 24.9. The van der Waals surface area contributed by atoms with E-state index >= 15 is 0 Å². The van der Waals surface area contributed by atoms with Crippen molar-refractivity contribution in [2.75, 3.05) is 33.0 Å². The summed E-state index contributed by atoms with van der Waals surface area (Å²) in [4.78, 5) is 32.0. The van der Waals surface area contributed by atoms with Gasteiger partial charge in [0.25, 0.3) is 0 Å². The summed E-state index contributed by atoms with van der Waals surface area (Å²) in [7, 11) is 0. The van der Waals surface area contributed by atoms with Crippen molar-refractivity contribution < 1.29 is 28.9 Å². The molecule has 0 radical (unpaired) electrons. The number of benzene rings is 2. The van der Waals surface area contributed by atoms with Crippen molar-refractivity contribution >= 4 is 11.9 Å². The minimum atomic E-state index is -1.03. The predicted octanol–water partition coefficient (Wildman–Crippen LogP) is 3.58. The fourth-order valence-electron chi connectivity index (χ4n) is 4.27. The molecule has 1 aromatic heterocycles. The molecular formula is C27H27N3O6. The second kappa shape index (κ2) is 10.7. The molecule has 3 heterocycles. The number of aromatic carboxylic acids is 1. The number of piperazine rings is 1. The van der Waals surface area contributed by atoms with Gasteiger partial charge in [0.2, 0.25) is 18.6 Å². The van der Waals surface area contributed by atoms with E-state index in [1.807, 2.05) is 41.3 Å². The molecule has 0 unspecified atom stereocenters. The zero-order valence-electron chi connectivity index (χ0n) is 19.8. The average Bonchev–Trinajstić information content (AvgIpc) is 3.37. The number of ether oxygens (including phenoxy) is 3. The Morgan fingerprint density at radius 2 is 1.67 bits per heavy atom. The first-order chi connectivity index (χ1) is 17.5. The summed E-state index contributed by atoms with van der Waals surface area (Å²) in [6, 6.07) is 16.5. The van der Waals surface area contributed by atoms with Crippen LogP contribution in [0.5, 0.6) is 23.1 Å². The largest absolute Gasteiger partial charge is 0.478 e. The van der Waals surface area contributed by atoms with E-state index in [1.54, 1.807) is 0 Å². The van der Waals surface area contributed by atoms with Gasteiger partial charge in [-0.25, -0.2) is 9.78 Å². The molecule has 2 aromatic carbocycles. The number of rotatable bonds is 8. The number of carboxylic acid groups (broad SMARTS) is 1. The first-order valence-electron chi connectivity index (χ1n) is 11.9. The van der Waals surface area contributed by atoms with Crippen LogP contribution in [0.25, 0.3) is 0 Å². The van der Waals surface area contributed by atoms with Gasteiger partial charge in [0, 0.05) is 51.4 Å². The highest BCUT2D eigenvalue weighted by atomic mass is 16.7. The highest BCUT2D eigenvalue weighted by Gasteiger charge is 2.22. The minimum absolute atomic E-state index is 0.105. The van der Waals surface area contributed by atoms with Gasteiger partial charge < -0.3 is 24.2 Å². The Labute approximate surface area is 208 Å². The molecule has 1 amide bonds. The highest BCUT2D eigenvalue weighted by Crippen LogP contribution is 2.33. The molecule has 0 spiro atoms. The van der Waals surface area contributed by atoms with Crippen molar-refractivity contribution in [2.45, 2.75) is 19.4 Å². The van der Waals surface area contributed by atoms with Gasteiger partial charge in [0.05, 0.1) is 5.56 Å². The van der Waals surface area contributed by atoms with Crippen LogP contribution in [0, 0.1) is 0 Å². The van der Waals surface area contributed by atoms with Crippen molar-refractivity contribution in [1.29, 1.82) is 0 Å². The topological polar surface area (TPSA) is 101 Å². The van der Waals surface area contributed by atoms with Gasteiger partial charge >= 0.3 is 5.97 Å². The van der Waals surface area contributed by atoms with E-state index in [2.05, 4.69) is 16.0 Å². The summed E-state index contributed by atoms with van der Waals surface area (Å²) >= 11 is 0. The number of carbonyl (C=O) groups is 2. The Hall–Kier alpha value is -4.11. The lowest BCUT2D eigenvalue weighted by molar-refractivity contribution is -0.133. The SMILES string of the molecule is O=C(O)c1ccc(Oc2ccc(CCC(=O)N3CCN(Cc4ccc5c(c4)OCO5)CC3)cc2)nc1. The molecule has 0 aliphatic carbocycles. The number of hydrogen-bond donors (Lipinski definition) is 1. The standard InChI is InChI=1S/C27H27N3O6/c31-26(30-13-11-29(12-14-30)17-20-3-8-23-24(15-20)35-18-34-23)10-4-19-1-6-22(7-2-19)36-25-9-5-21(16-28-25)27(32)33/h1-3,5-9,15-16H,4,10-14,17-18H2,(H,32,33). The molecule has 1 saturated heterocycles. The first kappa shape index (κ1) is 23.6. The summed E-state index contributed by atoms with van der Waals surface area (Å²) in [5.74, 6) is 1.64. The molecule has 5 rings (SSSR count). The van der Waals surface area contributed by atoms with E-state index in [0.29, 0.717) is 24.5 Å². The number of hydrogen-bond acceptors (Lipinski definition) is 7. The monoisotopic (exact) mass is 489 g/mol. The van der Waals surface area contributed by atoms with E-state index in [9.17, 15) is 9.59 Å². The number of fused-ring (bicyclic) bond motifs is 1. The number of pyridine rings is 1. The summed E-state index contributed by atoms with van der Waals surface area (Å²) in [6.45, 7) is 4.24. The van der Waals surface area contributed by atoms with E-state index in [0.717, 1.165) is 49.8 Å². The van der Waals surface area contributed by atoms with E-state index < -0.39 is 5.97 Å². The molecule has 9 heteroatoms. The van der Waals surface area contributed by atoms with Crippen molar-refractivity contribution in [2.24, 2.45) is 0 Å². The summed E-state index contributed by atoms with van der Waals surface area (Å²) in [5.41, 5.74) is 2.33.